The van der Waals surface area contributed by atoms with Gasteiger partial charge in [0.2, 0.25) is 0 Å². The Bertz CT molecular complexity index is 1080. The van der Waals surface area contributed by atoms with Crippen LogP contribution in [0.15, 0.2) is 55.2 Å². The Hall–Kier alpha value is -3.69. The first-order valence-corrected chi connectivity index (χ1v) is 8.00. The molecule has 1 amide bonds. The molecule has 0 fully saturated rings. The van der Waals surface area contributed by atoms with E-state index in [0.29, 0.717) is 6.07 Å². The fourth-order valence-electron chi connectivity index (χ4n) is 2.33. The number of benzene rings is 2. The number of amides is 1. The number of carbonyl (C=O) groups is 1. The Morgan fingerprint density at radius 2 is 1.93 bits per heavy atom. The van der Waals surface area contributed by atoms with Crippen molar-refractivity contribution in [1.29, 1.82) is 0 Å². The van der Waals surface area contributed by atoms with Gasteiger partial charge >= 0.3 is 6.18 Å². The molecule has 0 atom stereocenters. The first kappa shape index (κ1) is 20.1. The number of rotatable bonds is 5. The van der Waals surface area contributed by atoms with E-state index in [1.165, 1.54) is 18.5 Å². The topological polar surface area (TPSA) is 56.2 Å². The monoisotopic (exact) mass is 409 g/mol. The Morgan fingerprint density at radius 1 is 1.17 bits per heavy atom. The van der Waals surface area contributed by atoms with Crippen molar-refractivity contribution in [3.63, 3.8) is 0 Å². The van der Waals surface area contributed by atoms with Crippen LogP contribution >= 0.6 is 0 Å². The van der Waals surface area contributed by atoms with E-state index in [-0.39, 0.29) is 22.9 Å². The molecule has 1 heterocycles. The van der Waals surface area contributed by atoms with Crippen LogP contribution in [0, 0.1) is 11.6 Å². The summed E-state index contributed by atoms with van der Waals surface area (Å²) in [6.45, 7) is 3.47. The molecule has 2 aromatic carbocycles. The second kappa shape index (κ2) is 7.74. The number of carbonyl (C=O) groups excluding carboxylic acids is 1. The molecule has 3 aromatic rings. The molecule has 1 N–H and O–H groups in total. The highest BCUT2D eigenvalue weighted by atomic mass is 19.4. The van der Waals surface area contributed by atoms with Gasteiger partial charge in [0.15, 0.2) is 0 Å². The molecule has 0 aliphatic rings. The van der Waals surface area contributed by atoms with Gasteiger partial charge in [0.05, 0.1) is 11.3 Å². The molecule has 0 unspecified atom stereocenters. The largest absolute Gasteiger partial charge is 0.437 e. The summed E-state index contributed by atoms with van der Waals surface area (Å²) >= 11 is 0. The highest BCUT2D eigenvalue weighted by Crippen LogP contribution is 2.33. The summed E-state index contributed by atoms with van der Waals surface area (Å²) in [6.07, 6.45) is -2.18. The molecule has 3 rings (SSSR count). The normalized spacial score (nSPS) is 11.2. The van der Waals surface area contributed by atoms with E-state index < -0.39 is 29.3 Å². The van der Waals surface area contributed by atoms with Crippen LogP contribution in [0.4, 0.5) is 27.6 Å². The third-order valence-corrected chi connectivity index (χ3v) is 3.68. The van der Waals surface area contributed by atoms with Crippen molar-refractivity contribution in [3.05, 3.63) is 78.0 Å². The van der Waals surface area contributed by atoms with Gasteiger partial charge in [-0.1, -0.05) is 12.6 Å². The highest BCUT2D eigenvalue weighted by molar-refractivity contribution is 6.05. The molecule has 0 aliphatic carbocycles. The molecule has 150 valence electrons. The van der Waals surface area contributed by atoms with Crippen LogP contribution in [0.25, 0.3) is 6.20 Å². The van der Waals surface area contributed by atoms with Gasteiger partial charge in [-0.2, -0.15) is 13.2 Å². The van der Waals surface area contributed by atoms with E-state index in [4.69, 9.17) is 4.74 Å². The van der Waals surface area contributed by atoms with Crippen molar-refractivity contribution in [2.45, 2.75) is 6.18 Å². The predicted octanol–water partition coefficient (Wildman–Crippen LogP) is 5.33. The fraction of sp³-hybridized carbons (Fsp3) is 0.0526. The number of alkyl halides is 3. The molecule has 29 heavy (non-hydrogen) atoms. The molecular weight excluding hydrogens is 397 g/mol. The third-order valence-electron chi connectivity index (χ3n) is 3.68. The summed E-state index contributed by atoms with van der Waals surface area (Å²) in [5.41, 5.74) is -1.45. The van der Waals surface area contributed by atoms with Crippen molar-refractivity contribution < 1.29 is 31.5 Å². The first-order chi connectivity index (χ1) is 13.7. The van der Waals surface area contributed by atoms with Crippen molar-refractivity contribution >= 4 is 17.8 Å². The molecular formula is C19H12F5N3O2. The molecule has 0 bridgehead atoms. The number of aromatic nitrogens is 2. The van der Waals surface area contributed by atoms with Gasteiger partial charge in [-0.15, -0.1) is 5.10 Å². The van der Waals surface area contributed by atoms with Gasteiger partial charge in [0, 0.05) is 18.5 Å². The third kappa shape index (κ3) is 4.60. The van der Waals surface area contributed by atoms with Crippen molar-refractivity contribution in [1.82, 2.24) is 9.78 Å². The molecule has 0 saturated heterocycles. The molecule has 0 spiro atoms. The van der Waals surface area contributed by atoms with Gasteiger partial charge in [-0.25, -0.2) is 13.5 Å². The lowest BCUT2D eigenvalue weighted by Crippen LogP contribution is -2.13. The molecule has 10 heteroatoms. The Morgan fingerprint density at radius 3 is 2.59 bits per heavy atom. The number of halogens is 5. The van der Waals surface area contributed by atoms with Crippen LogP contribution in [-0.4, -0.2) is 15.7 Å². The highest BCUT2D eigenvalue weighted by Gasteiger charge is 2.31. The summed E-state index contributed by atoms with van der Waals surface area (Å²) in [5, 5.41) is 6.12. The number of ether oxygens (including phenoxy) is 1. The second-order valence-electron chi connectivity index (χ2n) is 5.72. The average molecular weight is 409 g/mol. The Kier molecular flexibility index (Phi) is 5.35. The van der Waals surface area contributed by atoms with E-state index in [0.717, 1.165) is 35.0 Å². The van der Waals surface area contributed by atoms with E-state index in [1.807, 2.05) is 0 Å². The van der Waals surface area contributed by atoms with E-state index in [9.17, 15) is 26.7 Å². The van der Waals surface area contributed by atoms with Crippen LogP contribution in [0.2, 0.25) is 0 Å². The fourth-order valence-corrected chi connectivity index (χ4v) is 2.33. The zero-order chi connectivity index (χ0) is 21.2. The minimum Gasteiger partial charge on any atom is -0.437 e. The Labute approximate surface area is 161 Å². The van der Waals surface area contributed by atoms with Crippen LogP contribution in [0.3, 0.4) is 0 Å². The molecule has 0 radical (unpaired) electrons. The molecule has 1 aromatic heterocycles. The number of anilines is 1. The second-order valence-corrected chi connectivity index (χ2v) is 5.72. The summed E-state index contributed by atoms with van der Waals surface area (Å²) in [6, 6.07) is 6.55. The van der Waals surface area contributed by atoms with Crippen molar-refractivity contribution in [3.8, 4) is 11.6 Å². The first-order valence-electron chi connectivity index (χ1n) is 8.00. The molecule has 5 nitrogen and oxygen atoms in total. The quantitative estimate of drug-likeness (QED) is 0.580. The maximum atomic E-state index is 13.8. The molecule has 0 saturated carbocycles. The Balaban J connectivity index is 1.90. The average Bonchev–Trinajstić information content (AvgIpc) is 3.06. The van der Waals surface area contributed by atoms with Crippen LogP contribution in [0.1, 0.15) is 15.9 Å². The number of nitrogens with zero attached hydrogens (tertiary/aromatic N) is 2. The van der Waals surface area contributed by atoms with E-state index >= 15 is 0 Å². The van der Waals surface area contributed by atoms with Gasteiger partial charge in [0.25, 0.3) is 11.8 Å². The van der Waals surface area contributed by atoms with E-state index in [2.05, 4.69) is 17.0 Å². The zero-order valence-electron chi connectivity index (χ0n) is 14.5. The van der Waals surface area contributed by atoms with Crippen LogP contribution < -0.4 is 10.1 Å². The minimum absolute atomic E-state index is 0.203. The minimum atomic E-state index is -4.58. The van der Waals surface area contributed by atoms with Gasteiger partial charge in [-0.3, -0.25) is 4.79 Å². The van der Waals surface area contributed by atoms with Crippen LogP contribution in [0.5, 0.6) is 11.6 Å². The maximum Gasteiger partial charge on any atom is 0.416 e. The van der Waals surface area contributed by atoms with Gasteiger partial charge in [0.1, 0.15) is 22.9 Å². The predicted molar refractivity (Wildman–Crippen MR) is 94.4 cm³/mol. The van der Waals surface area contributed by atoms with Gasteiger partial charge < -0.3 is 10.1 Å². The van der Waals surface area contributed by atoms with E-state index in [1.54, 1.807) is 0 Å². The van der Waals surface area contributed by atoms with Crippen LogP contribution in [-0.2, 0) is 6.18 Å². The summed E-state index contributed by atoms with van der Waals surface area (Å²) < 4.78 is 71.8. The lowest BCUT2D eigenvalue weighted by Gasteiger charge is -2.10. The number of hydrogen-bond donors (Lipinski definition) is 1. The van der Waals surface area contributed by atoms with Crippen molar-refractivity contribution in [2.24, 2.45) is 0 Å². The lowest BCUT2D eigenvalue weighted by molar-refractivity contribution is -0.137. The maximum absolute atomic E-state index is 13.8. The number of hydrogen-bond acceptors (Lipinski definition) is 3. The smallest absolute Gasteiger partial charge is 0.416 e. The summed E-state index contributed by atoms with van der Waals surface area (Å²) in [7, 11) is 0. The summed E-state index contributed by atoms with van der Waals surface area (Å²) in [5.74, 6) is -3.24. The standard InChI is InChI=1S/C19H12F5N3O2/c1-2-27-10-14(17(28)25-16-7-6-12(20)9-15(16)21)18(26-27)29-13-5-3-4-11(8-13)19(22,23)24/h2-10H,1H2,(H,25,28). The molecule has 0 aliphatic heterocycles. The summed E-state index contributed by atoms with van der Waals surface area (Å²) in [4.78, 5) is 12.5. The van der Waals surface area contributed by atoms with Crippen molar-refractivity contribution in [2.75, 3.05) is 5.32 Å². The zero-order valence-corrected chi connectivity index (χ0v) is 14.5. The number of nitrogens with one attached hydrogen (secondary N) is 1. The van der Waals surface area contributed by atoms with Gasteiger partial charge in [-0.05, 0) is 30.3 Å². The lowest BCUT2D eigenvalue weighted by atomic mass is 10.2. The SMILES string of the molecule is C=Cn1cc(C(=O)Nc2ccc(F)cc2F)c(Oc2cccc(C(F)(F)F)c2)n1.